The maximum atomic E-state index is 13.4. The van der Waals surface area contributed by atoms with Gasteiger partial charge in [-0.1, -0.05) is 35.5 Å². The normalized spacial score (nSPS) is 16.3. The van der Waals surface area contributed by atoms with Crippen molar-refractivity contribution in [3.63, 3.8) is 0 Å². The predicted molar refractivity (Wildman–Crippen MR) is 276 cm³/mol. The van der Waals surface area contributed by atoms with Crippen LogP contribution in [0.2, 0.25) is 0 Å². The molecule has 0 aromatic rings. The van der Waals surface area contributed by atoms with Crippen LogP contribution in [0, 0.1) is 85.9 Å². The molecule has 0 radical (unpaired) electrons. The number of hydrogen-bond donors (Lipinski definition) is 9. The molecule has 404 valence electrons. The van der Waals surface area contributed by atoms with Crippen molar-refractivity contribution >= 4 is 53.2 Å². The monoisotopic (exact) mass is 1050 g/mol. The van der Waals surface area contributed by atoms with Crippen molar-refractivity contribution in [2.45, 2.75) is 159 Å². The molecule has 0 unspecified atom stereocenters. The minimum Gasteiger partial charge on any atom is -0.870 e. The van der Waals surface area contributed by atoms with Crippen LogP contribution in [0.25, 0.3) is 0 Å². The molecule has 0 spiro atoms. The second kappa shape index (κ2) is 40.8. The SMILES string of the molecule is C#CCNC(=O)CCC(CCC(=O)NCC#C)(CCC(=O)NCC#C)NC(=O)C1CCC(O)CC1.C#CCNC(=O)CCC(CCC(=O)NCC#C)(CCC(=O)NCC#C)NC(=O)C1CCC(OC(C)=O)CC1.[Na+].[OH-]. The van der Waals surface area contributed by atoms with E-state index in [1.807, 2.05) is 0 Å². The smallest absolute Gasteiger partial charge is 0.870 e. The molecule has 75 heavy (non-hydrogen) atoms. The third-order valence-corrected chi connectivity index (χ3v) is 12.5. The van der Waals surface area contributed by atoms with Gasteiger partial charge in [0, 0.05) is 68.4 Å². The number of hydrogen-bond acceptors (Lipinski definition) is 12. The number of ether oxygens (including phenoxy) is 1. The molecular formula is C54H75N8NaO12. The molecular weight excluding hydrogens is 976 g/mol. The number of esters is 1. The Balaban J connectivity index is 0. The van der Waals surface area contributed by atoms with Crippen LogP contribution in [0.4, 0.5) is 0 Å². The predicted octanol–water partition coefficient (Wildman–Crippen LogP) is -2.64. The summed E-state index contributed by atoms with van der Waals surface area (Å²) in [5.74, 6) is 10.8. The number of carbonyl (C=O) groups excluding carboxylic acids is 9. The van der Waals surface area contributed by atoms with E-state index in [0.717, 1.165) is 0 Å². The summed E-state index contributed by atoms with van der Waals surface area (Å²) < 4.78 is 5.27. The van der Waals surface area contributed by atoms with Crippen LogP contribution in [-0.2, 0) is 47.9 Å². The molecule has 2 fully saturated rings. The molecule has 2 aliphatic carbocycles. The summed E-state index contributed by atoms with van der Waals surface area (Å²) in [6, 6.07) is 0. The minimum atomic E-state index is -1.03. The van der Waals surface area contributed by atoms with Gasteiger partial charge >= 0.3 is 35.5 Å². The van der Waals surface area contributed by atoms with Crippen molar-refractivity contribution in [2.24, 2.45) is 11.8 Å². The van der Waals surface area contributed by atoms with Gasteiger partial charge in [-0.3, -0.25) is 43.2 Å². The fourth-order valence-electron chi connectivity index (χ4n) is 8.41. The van der Waals surface area contributed by atoms with Gasteiger partial charge in [0.05, 0.1) is 45.4 Å². The Morgan fingerprint density at radius 3 is 0.880 bits per heavy atom. The van der Waals surface area contributed by atoms with Gasteiger partial charge in [0.25, 0.3) is 0 Å². The number of aliphatic hydroxyl groups is 1. The van der Waals surface area contributed by atoms with E-state index >= 15 is 0 Å². The molecule has 0 aromatic heterocycles. The maximum Gasteiger partial charge on any atom is 1.00 e. The van der Waals surface area contributed by atoms with Gasteiger partial charge in [-0.2, -0.15) is 0 Å². The number of rotatable bonds is 29. The molecule has 20 nitrogen and oxygen atoms in total. The van der Waals surface area contributed by atoms with Gasteiger partial charge in [0.15, 0.2) is 0 Å². The molecule has 2 aliphatic rings. The third-order valence-electron chi connectivity index (χ3n) is 12.5. The number of terminal acetylenes is 6. The summed E-state index contributed by atoms with van der Waals surface area (Å²) in [6.45, 7) is 1.77. The fourth-order valence-corrected chi connectivity index (χ4v) is 8.41. The van der Waals surface area contributed by atoms with E-state index in [2.05, 4.69) is 78.1 Å². The van der Waals surface area contributed by atoms with Crippen molar-refractivity contribution in [1.82, 2.24) is 42.5 Å². The molecule has 0 heterocycles. The molecule has 0 aliphatic heterocycles. The molecule has 8 amide bonds. The van der Waals surface area contributed by atoms with E-state index in [1.165, 1.54) is 6.92 Å². The average Bonchev–Trinajstić information content (AvgIpc) is 3.38. The van der Waals surface area contributed by atoms with Gasteiger partial charge in [-0.15, -0.1) is 38.5 Å². The summed E-state index contributed by atoms with van der Waals surface area (Å²) in [6.07, 6.45) is 36.3. The zero-order valence-electron chi connectivity index (χ0n) is 43.6. The summed E-state index contributed by atoms with van der Waals surface area (Å²) in [5.41, 5.74) is -2.03. The van der Waals surface area contributed by atoms with E-state index < -0.39 is 17.2 Å². The first-order valence-electron chi connectivity index (χ1n) is 24.6. The van der Waals surface area contributed by atoms with Crippen molar-refractivity contribution < 1.29 is 88.0 Å². The first kappa shape index (κ1) is 70.6. The molecule has 2 rings (SSSR count). The molecule has 0 atom stereocenters. The van der Waals surface area contributed by atoms with Crippen LogP contribution >= 0.6 is 0 Å². The van der Waals surface area contributed by atoms with E-state index in [9.17, 15) is 48.3 Å². The van der Waals surface area contributed by atoms with Crippen LogP contribution in [-0.4, -0.2) is 126 Å². The molecule has 0 aromatic carbocycles. The second-order valence-electron chi connectivity index (χ2n) is 18.0. The van der Waals surface area contributed by atoms with Crippen molar-refractivity contribution in [1.29, 1.82) is 0 Å². The van der Waals surface area contributed by atoms with E-state index in [1.54, 1.807) is 0 Å². The van der Waals surface area contributed by atoms with Crippen LogP contribution in [0.15, 0.2) is 0 Å². The Morgan fingerprint density at radius 2 is 0.667 bits per heavy atom. The van der Waals surface area contributed by atoms with Crippen LogP contribution in [0.3, 0.4) is 0 Å². The largest absolute Gasteiger partial charge is 1.00 e. The minimum absolute atomic E-state index is 0. The van der Waals surface area contributed by atoms with E-state index in [4.69, 9.17) is 43.3 Å². The van der Waals surface area contributed by atoms with Gasteiger partial charge in [-0.25, -0.2) is 0 Å². The van der Waals surface area contributed by atoms with Gasteiger partial charge < -0.3 is 57.9 Å². The molecule has 2 saturated carbocycles. The summed E-state index contributed by atoms with van der Waals surface area (Å²) in [7, 11) is 0. The van der Waals surface area contributed by atoms with Crippen molar-refractivity contribution in [3.05, 3.63) is 0 Å². The zero-order chi connectivity index (χ0) is 54.5. The number of carbonyl (C=O) groups is 9. The molecule has 21 heteroatoms. The Bertz CT molecular complexity index is 1960. The topological polar surface area (TPSA) is 309 Å². The van der Waals surface area contributed by atoms with Crippen LogP contribution in [0.1, 0.15) is 135 Å². The van der Waals surface area contributed by atoms with Gasteiger partial charge in [0.2, 0.25) is 47.3 Å². The summed E-state index contributed by atoms with van der Waals surface area (Å²) in [5, 5.41) is 31.5. The van der Waals surface area contributed by atoms with Crippen molar-refractivity contribution in [2.75, 3.05) is 39.3 Å². The first-order valence-corrected chi connectivity index (χ1v) is 24.6. The van der Waals surface area contributed by atoms with Crippen molar-refractivity contribution in [3.8, 4) is 74.1 Å². The standard InChI is InChI=1S/C28H38N4O6.C26H36N4O5.Na.H2O/c1-5-18-29-24(34)12-15-28(16-13-25(35)30-19-6-2,17-14-26(36)31-20-7-3)32-27(37)22-8-10-23(11-9-22)38-21(4)33;1-4-17-27-22(32)11-14-26(15-12-23(33)28-18-5-2,16-13-24(34)29-19-6-3)30-25(35)20-7-9-21(31)10-8-20;;/h1-3,22-23H,8-20H2,4H3,(H,29,34)(H,30,35)(H,31,36)(H,32,37);1-3,20-21,31H,7-19H2,(H,27,32)(H,28,33)(H,29,34)(H,30,35);;1H2/q;;+1;/p-1. The maximum absolute atomic E-state index is 13.4. The number of nitrogens with one attached hydrogen (secondary N) is 8. The van der Waals surface area contributed by atoms with Crippen LogP contribution < -0.4 is 72.1 Å². The zero-order valence-corrected chi connectivity index (χ0v) is 45.6. The molecule has 0 bridgehead atoms. The number of aliphatic hydroxyl groups excluding tert-OH is 1. The summed E-state index contributed by atoms with van der Waals surface area (Å²) >= 11 is 0. The van der Waals surface area contributed by atoms with E-state index in [0.29, 0.717) is 51.4 Å². The Hall–Kier alpha value is -6.49. The Labute approximate surface area is 465 Å². The number of amides is 8. The fraction of sp³-hybridized carbons (Fsp3) is 0.611. The first-order chi connectivity index (χ1) is 34.9. The Morgan fingerprint density at radius 1 is 0.440 bits per heavy atom. The van der Waals surface area contributed by atoms with Gasteiger partial charge in [-0.05, 0) is 89.9 Å². The Kier molecular flexibility index (Phi) is 38.4. The average molecular weight is 1050 g/mol. The molecule has 0 saturated heterocycles. The van der Waals surface area contributed by atoms with E-state index in [-0.39, 0.29) is 223 Å². The van der Waals surface area contributed by atoms with Crippen LogP contribution in [0.5, 0.6) is 0 Å². The quantitative estimate of drug-likeness (QED) is 0.0211. The second-order valence-corrected chi connectivity index (χ2v) is 18.0. The summed E-state index contributed by atoms with van der Waals surface area (Å²) in [4.78, 5) is 112. The van der Waals surface area contributed by atoms with Gasteiger partial charge in [0.1, 0.15) is 6.10 Å². The molecule has 10 N–H and O–H groups in total. The third kappa shape index (κ3) is 31.8.